The minimum atomic E-state index is 0. The number of phenolic OH excluding ortho intramolecular Hbond substituents is 1. The molecule has 3 N–H and O–H groups in total. The number of thioether (sulfide) groups is 1. The van der Waals surface area contributed by atoms with Crippen LogP contribution in [0.25, 0.3) is 0 Å². The van der Waals surface area contributed by atoms with Crippen molar-refractivity contribution in [2.75, 3.05) is 32.0 Å². The summed E-state index contributed by atoms with van der Waals surface area (Å²) >= 11 is 1.50. The second kappa shape index (κ2) is 10.8. The number of hydrogen-bond donors (Lipinski definition) is 2. The number of hydrogen-bond acceptors (Lipinski definition) is 5. The van der Waals surface area contributed by atoms with Gasteiger partial charge in [-0.05, 0) is 50.1 Å². The fourth-order valence-corrected chi connectivity index (χ4v) is 3.19. The summed E-state index contributed by atoms with van der Waals surface area (Å²) in [5.74, 6) is 0.842. The summed E-state index contributed by atoms with van der Waals surface area (Å²) in [6.07, 6.45) is 2.96. The molecule has 7 heteroatoms. The number of nitrogens with zero attached hydrogens (tertiary/aromatic N) is 1. The van der Waals surface area contributed by atoms with Crippen molar-refractivity contribution in [1.82, 2.24) is 4.90 Å². The van der Waals surface area contributed by atoms with E-state index in [0.717, 1.165) is 37.2 Å². The third kappa shape index (κ3) is 6.99. The van der Waals surface area contributed by atoms with Crippen molar-refractivity contribution in [3.8, 4) is 5.75 Å². The van der Waals surface area contributed by atoms with Crippen molar-refractivity contribution < 1.29 is 14.6 Å². The zero-order valence-electron chi connectivity index (χ0n) is 13.1. The van der Waals surface area contributed by atoms with Gasteiger partial charge in [0.2, 0.25) is 5.91 Å². The first-order chi connectivity index (χ1) is 10.7. The molecule has 1 aliphatic heterocycles. The van der Waals surface area contributed by atoms with Crippen LogP contribution in [0.1, 0.15) is 19.3 Å². The molecule has 1 fully saturated rings. The molecule has 130 valence electrons. The van der Waals surface area contributed by atoms with Crippen molar-refractivity contribution in [3.05, 3.63) is 24.3 Å². The standard InChI is InChI=1S/C16H24N2O3S.ClH/c17-8-1-11-21-14-6-9-18(10-7-14)16(20)12-22-15-4-2-13(19)3-5-15;/h2-5,14,19H,1,6-12,17H2;1H. The highest BCUT2D eigenvalue weighted by atomic mass is 35.5. The molecule has 0 unspecified atom stereocenters. The van der Waals surface area contributed by atoms with Gasteiger partial charge in [-0.3, -0.25) is 4.79 Å². The molecule has 0 aliphatic carbocycles. The molecule has 2 rings (SSSR count). The number of benzene rings is 1. The first-order valence-electron chi connectivity index (χ1n) is 7.70. The molecule has 1 aromatic carbocycles. The summed E-state index contributed by atoms with van der Waals surface area (Å²) in [5.41, 5.74) is 5.45. The topological polar surface area (TPSA) is 75.8 Å². The van der Waals surface area contributed by atoms with Gasteiger partial charge in [0.1, 0.15) is 5.75 Å². The van der Waals surface area contributed by atoms with E-state index in [-0.39, 0.29) is 30.2 Å². The van der Waals surface area contributed by atoms with Gasteiger partial charge >= 0.3 is 0 Å². The van der Waals surface area contributed by atoms with Gasteiger partial charge < -0.3 is 20.5 Å². The second-order valence-electron chi connectivity index (χ2n) is 5.38. The number of piperidine rings is 1. The van der Waals surface area contributed by atoms with Gasteiger partial charge in [0.25, 0.3) is 0 Å². The average Bonchev–Trinajstić information content (AvgIpc) is 2.55. The number of nitrogens with two attached hydrogens (primary N) is 1. The fraction of sp³-hybridized carbons (Fsp3) is 0.562. The molecule has 0 saturated carbocycles. The molecule has 1 saturated heterocycles. The molecule has 0 aromatic heterocycles. The minimum absolute atomic E-state index is 0. The van der Waals surface area contributed by atoms with E-state index in [1.807, 2.05) is 17.0 Å². The Morgan fingerprint density at radius 3 is 2.57 bits per heavy atom. The SMILES string of the molecule is Cl.NCCCOC1CCN(C(=O)CSc2ccc(O)cc2)CC1. The van der Waals surface area contributed by atoms with Crippen molar-refractivity contribution in [2.45, 2.75) is 30.3 Å². The van der Waals surface area contributed by atoms with Crippen LogP contribution in [0.3, 0.4) is 0 Å². The Morgan fingerprint density at radius 1 is 1.30 bits per heavy atom. The van der Waals surface area contributed by atoms with Crippen LogP contribution in [0.2, 0.25) is 0 Å². The molecule has 0 radical (unpaired) electrons. The molecule has 1 heterocycles. The van der Waals surface area contributed by atoms with Gasteiger partial charge in [-0.2, -0.15) is 0 Å². The maximum absolute atomic E-state index is 12.2. The smallest absolute Gasteiger partial charge is 0.232 e. The van der Waals surface area contributed by atoms with Crippen LogP contribution < -0.4 is 5.73 Å². The molecule has 0 bridgehead atoms. The highest BCUT2D eigenvalue weighted by molar-refractivity contribution is 8.00. The molecule has 0 spiro atoms. The Hall–Kier alpha value is -0.950. The highest BCUT2D eigenvalue weighted by Gasteiger charge is 2.22. The number of likely N-dealkylation sites (tertiary alicyclic amines) is 1. The van der Waals surface area contributed by atoms with E-state index in [2.05, 4.69) is 0 Å². The predicted molar refractivity (Wildman–Crippen MR) is 95.3 cm³/mol. The summed E-state index contributed by atoms with van der Waals surface area (Å²) in [6.45, 7) is 2.90. The van der Waals surface area contributed by atoms with Crippen molar-refractivity contribution in [1.29, 1.82) is 0 Å². The number of carbonyl (C=O) groups is 1. The summed E-state index contributed by atoms with van der Waals surface area (Å²) in [5, 5.41) is 9.24. The van der Waals surface area contributed by atoms with E-state index in [1.54, 1.807) is 12.1 Å². The Kier molecular flexibility index (Phi) is 9.40. The van der Waals surface area contributed by atoms with Crippen molar-refractivity contribution >= 4 is 30.1 Å². The summed E-state index contributed by atoms with van der Waals surface area (Å²) < 4.78 is 5.75. The molecule has 1 amide bonds. The Labute approximate surface area is 148 Å². The van der Waals surface area contributed by atoms with Crippen LogP contribution in [0.15, 0.2) is 29.2 Å². The van der Waals surface area contributed by atoms with Gasteiger partial charge in [0.05, 0.1) is 11.9 Å². The number of rotatable bonds is 7. The Balaban J connectivity index is 0.00000264. The number of aromatic hydroxyl groups is 1. The zero-order chi connectivity index (χ0) is 15.8. The lowest BCUT2D eigenvalue weighted by atomic mass is 10.1. The predicted octanol–water partition coefficient (Wildman–Crippen LogP) is 2.26. The third-order valence-electron chi connectivity index (χ3n) is 3.70. The van der Waals surface area contributed by atoms with Crippen LogP contribution in [0.5, 0.6) is 5.75 Å². The number of phenols is 1. The number of halogens is 1. The third-order valence-corrected chi connectivity index (χ3v) is 4.69. The first kappa shape index (κ1) is 20.1. The summed E-state index contributed by atoms with van der Waals surface area (Å²) in [6, 6.07) is 6.92. The maximum atomic E-state index is 12.2. The molecule has 0 atom stereocenters. The van der Waals surface area contributed by atoms with Crippen LogP contribution >= 0.6 is 24.2 Å². The largest absolute Gasteiger partial charge is 0.508 e. The van der Waals surface area contributed by atoms with Crippen LogP contribution in [-0.4, -0.2) is 54.0 Å². The van der Waals surface area contributed by atoms with E-state index < -0.39 is 0 Å². The molecular weight excluding hydrogens is 336 g/mol. The summed E-state index contributed by atoms with van der Waals surface area (Å²) in [7, 11) is 0. The lowest BCUT2D eigenvalue weighted by Gasteiger charge is -2.32. The molecular formula is C16H25ClN2O3S. The zero-order valence-corrected chi connectivity index (χ0v) is 14.8. The first-order valence-corrected chi connectivity index (χ1v) is 8.69. The van der Waals surface area contributed by atoms with E-state index in [1.165, 1.54) is 11.8 Å². The molecule has 5 nitrogen and oxygen atoms in total. The number of ether oxygens (including phenoxy) is 1. The normalized spacial score (nSPS) is 15.3. The van der Waals surface area contributed by atoms with Crippen LogP contribution in [0, 0.1) is 0 Å². The Bertz CT molecular complexity index is 465. The molecule has 1 aliphatic rings. The average molecular weight is 361 g/mol. The van der Waals surface area contributed by atoms with Gasteiger partial charge in [0.15, 0.2) is 0 Å². The van der Waals surface area contributed by atoms with E-state index >= 15 is 0 Å². The lowest BCUT2D eigenvalue weighted by molar-refractivity contribution is -0.130. The van der Waals surface area contributed by atoms with Crippen LogP contribution in [-0.2, 0) is 9.53 Å². The quantitative estimate of drug-likeness (QED) is 0.576. The number of amides is 1. The van der Waals surface area contributed by atoms with E-state index in [9.17, 15) is 9.90 Å². The maximum Gasteiger partial charge on any atom is 0.232 e. The molecule has 23 heavy (non-hydrogen) atoms. The van der Waals surface area contributed by atoms with Gasteiger partial charge in [-0.25, -0.2) is 0 Å². The fourth-order valence-electron chi connectivity index (χ4n) is 2.38. The van der Waals surface area contributed by atoms with Crippen LogP contribution in [0.4, 0.5) is 0 Å². The summed E-state index contributed by atoms with van der Waals surface area (Å²) in [4.78, 5) is 15.1. The highest BCUT2D eigenvalue weighted by Crippen LogP contribution is 2.22. The van der Waals surface area contributed by atoms with Gasteiger partial charge in [0, 0.05) is 24.6 Å². The van der Waals surface area contributed by atoms with Gasteiger partial charge in [-0.1, -0.05) is 0 Å². The van der Waals surface area contributed by atoms with E-state index in [4.69, 9.17) is 10.5 Å². The minimum Gasteiger partial charge on any atom is -0.508 e. The van der Waals surface area contributed by atoms with E-state index in [0.29, 0.717) is 18.9 Å². The Morgan fingerprint density at radius 2 is 1.96 bits per heavy atom. The van der Waals surface area contributed by atoms with Crippen molar-refractivity contribution in [2.24, 2.45) is 5.73 Å². The van der Waals surface area contributed by atoms with Crippen molar-refractivity contribution in [3.63, 3.8) is 0 Å². The monoisotopic (exact) mass is 360 g/mol. The van der Waals surface area contributed by atoms with Gasteiger partial charge in [-0.15, -0.1) is 24.2 Å². The number of carbonyl (C=O) groups excluding carboxylic acids is 1. The lowest BCUT2D eigenvalue weighted by Crippen LogP contribution is -2.41. The second-order valence-corrected chi connectivity index (χ2v) is 6.42. The molecule has 1 aromatic rings.